The van der Waals surface area contributed by atoms with E-state index in [9.17, 15) is 4.79 Å². The van der Waals surface area contributed by atoms with E-state index in [1.165, 1.54) is 0 Å². The highest BCUT2D eigenvalue weighted by atomic mass is 16.5. The lowest BCUT2D eigenvalue weighted by Crippen LogP contribution is -2.41. The molecule has 25 heavy (non-hydrogen) atoms. The summed E-state index contributed by atoms with van der Waals surface area (Å²) < 4.78 is 5.12. The Labute approximate surface area is 147 Å². The van der Waals surface area contributed by atoms with Crippen molar-refractivity contribution in [3.05, 3.63) is 30.1 Å². The van der Waals surface area contributed by atoms with E-state index >= 15 is 0 Å². The number of amides is 1. The standard InChI is InChI=1S/C17H24N6O2/c1-12(2)14-9-17(25-22-14)20-16(24)11-18-10-13-5-4-8-23(13)15-6-3-7-19-21-15/h3,6-7,9,12-13,18H,4-5,8,10-11H2,1-2H3,(H,20,24)/t13-/m1/s1. The molecule has 2 N–H and O–H groups in total. The molecule has 0 aliphatic carbocycles. The molecular weight excluding hydrogens is 320 g/mol. The Hall–Kier alpha value is -2.48. The van der Waals surface area contributed by atoms with Crippen LogP contribution in [0.4, 0.5) is 11.7 Å². The van der Waals surface area contributed by atoms with Crippen LogP contribution in [0.3, 0.4) is 0 Å². The molecule has 1 fully saturated rings. The molecule has 134 valence electrons. The van der Waals surface area contributed by atoms with Crippen LogP contribution >= 0.6 is 0 Å². The zero-order chi connectivity index (χ0) is 17.6. The van der Waals surface area contributed by atoms with Crippen LogP contribution in [0.15, 0.2) is 28.9 Å². The SMILES string of the molecule is CC(C)c1cc(NC(=O)CNC[C@H]2CCCN2c2cccnn2)on1. The first-order chi connectivity index (χ1) is 12.1. The number of nitrogens with zero attached hydrogens (tertiary/aromatic N) is 4. The number of nitrogens with one attached hydrogen (secondary N) is 2. The average Bonchev–Trinajstić information content (AvgIpc) is 3.25. The Bertz CT molecular complexity index is 687. The topological polar surface area (TPSA) is 96.2 Å². The van der Waals surface area contributed by atoms with Gasteiger partial charge >= 0.3 is 0 Å². The average molecular weight is 344 g/mol. The molecular formula is C17H24N6O2. The molecule has 0 spiro atoms. The van der Waals surface area contributed by atoms with Crippen molar-refractivity contribution in [1.82, 2.24) is 20.7 Å². The molecule has 1 atom stereocenters. The predicted octanol–water partition coefficient (Wildman–Crippen LogP) is 1.79. The van der Waals surface area contributed by atoms with Crippen LogP contribution in [0.25, 0.3) is 0 Å². The third kappa shape index (κ3) is 4.54. The molecule has 0 bridgehead atoms. The van der Waals surface area contributed by atoms with Gasteiger partial charge in [0.1, 0.15) is 0 Å². The minimum Gasteiger partial charge on any atom is -0.351 e. The van der Waals surface area contributed by atoms with E-state index in [1.54, 1.807) is 12.3 Å². The second-order valence-corrected chi connectivity index (χ2v) is 6.52. The lowest BCUT2D eigenvalue weighted by molar-refractivity contribution is -0.115. The van der Waals surface area contributed by atoms with Crippen molar-refractivity contribution in [2.24, 2.45) is 0 Å². The van der Waals surface area contributed by atoms with E-state index < -0.39 is 0 Å². The summed E-state index contributed by atoms with van der Waals surface area (Å²) in [6.45, 7) is 5.96. The van der Waals surface area contributed by atoms with Gasteiger partial charge in [-0.05, 0) is 30.9 Å². The fourth-order valence-electron chi connectivity index (χ4n) is 2.95. The Morgan fingerprint density at radius 1 is 1.48 bits per heavy atom. The quantitative estimate of drug-likeness (QED) is 0.790. The van der Waals surface area contributed by atoms with Crippen LogP contribution in [0.2, 0.25) is 0 Å². The van der Waals surface area contributed by atoms with Crippen LogP contribution in [0.5, 0.6) is 0 Å². The van der Waals surface area contributed by atoms with Gasteiger partial charge in [-0.2, -0.15) is 5.10 Å². The van der Waals surface area contributed by atoms with Gasteiger partial charge in [-0.3, -0.25) is 10.1 Å². The zero-order valence-electron chi connectivity index (χ0n) is 14.6. The maximum atomic E-state index is 12.0. The highest BCUT2D eigenvalue weighted by Crippen LogP contribution is 2.22. The largest absolute Gasteiger partial charge is 0.351 e. The molecule has 1 saturated heterocycles. The van der Waals surface area contributed by atoms with E-state index in [1.807, 2.05) is 26.0 Å². The Morgan fingerprint density at radius 2 is 2.36 bits per heavy atom. The normalized spacial score (nSPS) is 17.2. The fourth-order valence-corrected chi connectivity index (χ4v) is 2.95. The summed E-state index contributed by atoms with van der Waals surface area (Å²) in [5.74, 6) is 1.40. The summed E-state index contributed by atoms with van der Waals surface area (Å²) >= 11 is 0. The highest BCUT2D eigenvalue weighted by Gasteiger charge is 2.25. The molecule has 3 heterocycles. The van der Waals surface area contributed by atoms with Crippen molar-refractivity contribution in [3.8, 4) is 0 Å². The zero-order valence-corrected chi connectivity index (χ0v) is 14.6. The van der Waals surface area contributed by atoms with Crippen molar-refractivity contribution < 1.29 is 9.32 Å². The second kappa shape index (κ2) is 8.06. The van der Waals surface area contributed by atoms with Crippen LogP contribution in [0, 0.1) is 0 Å². The minimum atomic E-state index is -0.143. The van der Waals surface area contributed by atoms with Gasteiger partial charge in [0.2, 0.25) is 11.8 Å². The van der Waals surface area contributed by atoms with Crippen molar-refractivity contribution in [2.75, 3.05) is 29.9 Å². The minimum absolute atomic E-state index is 0.143. The first-order valence-electron chi connectivity index (χ1n) is 8.65. The first kappa shape index (κ1) is 17.3. The van der Waals surface area contributed by atoms with Crippen molar-refractivity contribution >= 4 is 17.6 Å². The summed E-state index contributed by atoms with van der Waals surface area (Å²) in [4.78, 5) is 14.3. The number of hydrogen-bond acceptors (Lipinski definition) is 7. The number of carbonyl (C=O) groups excluding carboxylic acids is 1. The molecule has 0 radical (unpaired) electrons. The molecule has 3 rings (SSSR count). The maximum Gasteiger partial charge on any atom is 0.240 e. The maximum absolute atomic E-state index is 12.0. The van der Waals surface area contributed by atoms with Crippen LogP contribution in [0.1, 0.15) is 38.3 Å². The summed E-state index contributed by atoms with van der Waals surface area (Å²) in [6.07, 6.45) is 3.86. The summed E-state index contributed by atoms with van der Waals surface area (Å²) in [5, 5.41) is 18.0. The summed E-state index contributed by atoms with van der Waals surface area (Å²) in [7, 11) is 0. The van der Waals surface area contributed by atoms with Gasteiger partial charge in [0.15, 0.2) is 5.82 Å². The van der Waals surface area contributed by atoms with Crippen molar-refractivity contribution in [2.45, 2.75) is 38.6 Å². The second-order valence-electron chi connectivity index (χ2n) is 6.52. The van der Waals surface area contributed by atoms with Gasteiger partial charge < -0.3 is 14.7 Å². The van der Waals surface area contributed by atoms with Gasteiger partial charge in [-0.15, -0.1) is 5.10 Å². The molecule has 1 amide bonds. The van der Waals surface area contributed by atoms with E-state index in [0.717, 1.165) is 37.4 Å². The first-order valence-corrected chi connectivity index (χ1v) is 8.65. The van der Waals surface area contributed by atoms with Crippen LogP contribution < -0.4 is 15.5 Å². The van der Waals surface area contributed by atoms with Gasteiger partial charge in [0.05, 0.1) is 12.2 Å². The van der Waals surface area contributed by atoms with E-state index in [0.29, 0.717) is 11.9 Å². The number of anilines is 2. The third-order valence-corrected chi connectivity index (χ3v) is 4.28. The number of carbonyl (C=O) groups is 1. The molecule has 1 aliphatic heterocycles. The van der Waals surface area contributed by atoms with E-state index in [4.69, 9.17) is 4.52 Å². The molecule has 8 heteroatoms. The number of aromatic nitrogens is 3. The highest BCUT2D eigenvalue weighted by molar-refractivity contribution is 5.90. The molecule has 0 unspecified atom stereocenters. The summed E-state index contributed by atoms with van der Waals surface area (Å²) in [5.41, 5.74) is 0.828. The van der Waals surface area contributed by atoms with Gasteiger partial charge in [-0.1, -0.05) is 19.0 Å². The smallest absolute Gasteiger partial charge is 0.240 e. The van der Waals surface area contributed by atoms with E-state index in [-0.39, 0.29) is 18.4 Å². The van der Waals surface area contributed by atoms with Crippen molar-refractivity contribution in [1.29, 1.82) is 0 Å². The molecule has 0 aromatic carbocycles. The Balaban J connectivity index is 1.44. The van der Waals surface area contributed by atoms with Crippen LogP contribution in [-0.2, 0) is 4.79 Å². The van der Waals surface area contributed by atoms with Crippen molar-refractivity contribution in [3.63, 3.8) is 0 Å². The molecule has 2 aromatic rings. The Kier molecular flexibility index (Phi) is 5.60. The van der Waals surface area contributed by atoms with Gasteiger partial charge in [0, 0.05) is 31.4 Å². The number of hydrogen-bond donors (Lipinski definition) is 2. The summed E-state index contributed by atoms with van der Waals surface area (Å²) in [6, 6.07) is 5.94. The molecule has 1 aliphatic rings. The third-order valence-electron chi connectivity index (χ3n) is 4.28. The van der Waals surface area contributed by atoms with Crippen LogP contribution in [-0.4, -0.2) is 46.9 Å². The van der Waals surface area contributed by atoms with Gasteiger partial charge in [-0.25, -0.2) is 0 Å². The molecule has 8 nitrogen and oxygen atoms in total. The van der Waals surface area contributed by atoms with E-state index in [2.05, 4.69) is 30.9 Å². The molecule has 0 saturated carbocycles. The fraction of sp³-hybridized carbons (Fsp3) is 0.529. The molecule has 2 aromatic heterocycles. The monoisotopic (exact) mass is 344 g/mol. The lowest BCUT2D eigenvalue weighted by Gasteiger charge is -2.25. The van der Waals surface area contributed by atoms with Gasteiger partial charge in [0.25, 0.3) is 0 Å². The predicted molar refractivity (Wildman–Crippen MR) is 94.5 cm³/mol. The Morgan fingerprint density at radius 3 is 3.08 bits per heavy atom. The number of rotatable bonds is 7. The lowest BCUT2D eigenvalue weighted by atomic mass is 10.1.